The second kappa shape index (κ2) is 5.65. The van der Waals surface area contributed by atoms with E-state index >= 15 is 0 Å². The molecule has 2 saturated carbocycles. The molecule has 2 rings (SSSR count). The Balaban J connectivity index is 1.82. The van der Waals surface area contributed by atoms with E-state index in [1.807, 2.05) is 0 Å². The van der Waals surface area contributed by atoms with Gasteiger partial charge in [0.2, 0.25) is 0 Å². The van der Waals surface area contributed by atoms with Gasteiger partial charge in [-0.1, -0.05) is 12.8 Å². The first kappa shape index (κ1) is 12.6. The highest BCUT2D eigenvalue weighted by Crippen LogP contribution is 2.35. The van der Waals surface area contributed by atoms with Gasteiger partial charge in [0.05, 0.1) is 13.0 Å². The van der Waals surface area contributed by atoms with Crippen LogP contribution < -0.4 is 0 Å². The Labute approximate surface area is 103 Å². The van der Waals surface area contributed by atoms with Gasteiger partial charge in [-0.25, -0.2) is 0 Å². The summed E-state index contributed by atoms with van der Waals surface area (Å²) >= 11 is 0. The summed E-state index contributed by atoms with van der Waals surface area (Å²) in [6.45, 7) is 0. The van der Waals surface area contributed by atoms with Crippen molar-refractivity contribution in [3.8, 4) is 0 Å². The molecule has 3 nitrogen and oxygen atoms in total. The number of ketones is 1. The van der Waals surface area contributed by atoms with E-state index in [4.69, 9.17) is 4.74 Å². The number of methoxy groups -OCH3 is 1. The molecule has 3 heteroatoms. The predicted molar refractivity (Wildman–Crippen MR) is 64.4 cm³/mol. The van der Waals surface area contributed by atoms with E-state index in [0.717, 1.165) is 38.5 Å². The first-order valence-electron chi connectivity index (χ1n) is 6.84. The summed E-state index contributed by atoms with van der Waals surface area (Å²) in [7, 11) is 1.44. The smallest absolute Gasteiger partial charge is 0.308 e. The highest BCUT2D eigenvalue weighted by atomic mass is 16.5. The van der Waals surface area contributed by atoms with E-state index in [-0.39, 0.29) is 17.8 Å². The number of hydrogen-bond acceptors (Lipinski definition) is 3. The van der Waals surface area contributed by atoms with Crippen LogP contribution >= 0.6 is 0 Å². The summed E-state index contributed by atoms with van der Waals surface area (Å²) in [4.78, 5) is 23.6. The molecule has 0 aromatic rings. The zero-order valence-corrected chi connectivity index (χ0v) is 10.6. The Morgan fingerprint density at radius 2 is 1.29 bits per heavy atom. The highest BCUT2D eigenvalue weighted by molar-refractivity contribution is 5.84. The van der Waals surface area contributed by atoms with E-state index in [0.29, 0.717) is 11.7 Å². The number of Topliss-reactive ketones (excluding diaryl/α,β-unsaturated/α-hetero) is 1. The van der Waals surface area contributed by atoms with Crippen molar-refractivity contribution in [2.24, 2.45) is 17.8 Å². The molecule has 2 aliphatic rings. The summed E-state index contributed by atoms with van der Waals surface area (Å²) in [6, 6.07) is 0. The van der Waals surface area contributed by atoms with Crippen LogP contribution in [0.25, 0.3) is 0 Å². The van der Waals surface area contributed by atoms with Crippen LogP contribution in [0, 0.1) is 17.8 Å². The van der Waals surface area contributed by atoms with Crippen LogP contribution in [0.3, 0.4) is 0 Å². The predicted octanol–water partition coefficient (Wildman–Crippen LogP) is 2.73. The van der Waals surface area contributed by atoms with E-state index in [1.54, 1.807) is 0 Å². The minimum absolute atomic E-state index is 0.0348. The molecule has 2 fully saturated rings. The molecule has 2 aliphatic carbocycles. The molecule has 0 N–H and O–H groups in total. The van der Waals surface area contributed by atoms with E-state index in [9.17, 15) is 9.59 Å². The Bertz CT molecular complexity index is 284. The SMILES string of the molecule is COC(=O)[C@H]1CC[C@H](C(=O)C2CCCC2)CC1. The van der Waals surface area contributed by atoms with Crippen LogP contribution in [0.1, 0.15) is 51.4 Å². The lowest BCUT2D eigenvalue weighted by atomic mass is 9.77. The van der Waals surface area contributed by atoms with Gasteiger partial charge >= 0.3 is 5.97 Å². The Kier molecular flexibility index (Phi) is 4.19. The lowest BCUT2D eigenvalue weighted by Gasteiger charge is -2.27. The average molecular weight is 238 g/mol. The fourth-order valence-corrected chi connectivity index (χ4v) is 3.32. The van der Waals surface area contributed by atoms with Crippen LogP contribution in [0.4, 0.5) is 0 Å². The molecular weight excluding hydrogens is 216 g/mol. The molecule has 0 unspecified atom stereocenters. The van der Waals surface area contributed by atoms with Crippen molar-refractivity contribution in [1.29, 1.82) is 0 Å². The standard InChI is InChI=1S/C14H22O3/c1-17-14(16)12-8-6-11(7-9-12)13(15)10-4-2-3-5-10/h10-12H,2-9H2,1H3/t11-,12-. The van der Waals surface area contributed by atoms with Gasteiger partial charge < -0.3 is 4.74 Å². The lowest BCUT2D eigenvalue weighted by Crippen LogP contribution is -2.29. The molecule has 0 saturated heterocycles. The van der Waals surface area contributed by atoms with Crippen molar-refractivity contribution in [3.63, 3.8) is 0 Å². The van der Waals surface area contributed by atoms with Crippen molar-refractivity contribution in [2.45, 2.75) is 51.4 Å². The van der Waals surface area contributed by atoms with Crippen molar-refractivity contribution in [1.82, 2.24) is 0 Å². The molecule has 0 heterocycles. The number of rotatable bonds is 3. The number of esters is 1. The summed E-state index contributed by atoms with van der Waals surface area (Å²) in [5.41, 5.74) is 0. The Hall–Kier alpha value is -0.860. The van der Waals surface area contributed by atoms with Gasteiger partial charge in [0.1, 0.15) is 5.78 Å². The second-order valence-corrected chi connectivity index (χ2v) is 5.46. The van der Waals surface area contributed by atoms with E-state index in [1.165, 1.54) is 20.0 Å². The maximum Gasteiger partial charge on any atom is 0.308 e. The molecule has 0 amide bonds. The number of carbonyl (C=O) groups excluding carboxylic acids is 2. The third-order valence-corrected chi connectivity index (χ3v) is 4.42. The molecule has 96 valence electrons. The topological polar surface area (TPSA) is 43.4 Å². The highest BCUT2D eigenvalue weighted by Gasteiger charge is 2.34. The normalized spacial score (nSPS) is 30.2. The fraction of sp³-hybridized carbons (Fsp3) is 0.857. The zero-order chi connectivity index (χ0) is 12.3. The largest absolute Gasteiger partial charge is 0.469 e. The Morgan fingerprint density at radius 3 is 1.82 bits per heavy atom. The summed E-state index contributed by atoms with van der Waals surface area (Å²) in [6.07, 6.45) is 8.04. The third kappa shape index (κ3) is 2.88. The monoisotopic (exact) mass is 238 g/mol. The number of carbonyl (C=O) groups is 2. The quantitative estimate of drug-likeness (QED) is 0.710. The van der Waals surface area contributed by atoms with Crippen LogP contribution in [0.5, 0.6) is 0 Å². The van der Waals surface area contributed by atoms with Crippen molar-refractivity contribution in [2.75, 3.05) is 7.11 Å². The second-order valence-electron chi connectivity index (χ2n) is 5.46. The molecule has 0 bridgehead atoms. The maximum absolute atomic E-state index is 12.2. The molecule has 17 heavy (non-hydrogen) atoms. The number of hydrogen-bond donors (Lipinski definition) is 0. The van der Waals surface area contributed by atoms with Gasteiger partial charge in [-0.15, -0.1) is 0 Å². The van der Waals surface area contributed by atoms with Gasteiger partial charge in [0.15, 0.2) is 0 Å². The van der Waals surface area contributed by atoms with Crippen LogP contribution in [-0.4, -0.2) is 18.9 Å². The molecule has 0 aromatic carbocycles. The maximum atomic E-state index is 12.2. The summed E-state index contributed by atoms with van der Waals surface area (Å²) in [5, 5.41) is 0. The lowest BCUT2D eigenvalue weighted by molar-refractivity contribution is -0.147. The van der Waals surface area contributed by atoms with Gasteiger partial charge in [-0.3, -0.25) is 9.59 Å². The van der Waals surface area contributed by atoms with Gasteiger partial charge in [-0.05, 0) is 38.5 Å². The van der Waals surface area contributed by atoms with E-state index < -0.39 is 0 Å². The summed E-state index contributed by atoms with van der Waals surface area (Å²) in [5.74, 6) is 0.962. The van der Waals surface area contributed by atoms with Crippen molar-refractivity contribution < 1.29 is 14.3 Å². The van der Waals surface area contributed by atoms with Crippen molar-refractivity contribution in [3.05, 3.63) is 0 Å². The van der Waals surface area contributed by atoms with Gasteiger partial charge in [0, 0.05) is 11.8 Å². The first-order chi connectivity index (χ1) is 8.22. The summed E-state index contributed by atoms with van der Waals surface area (Å²) < 4.78 is 4.76. The van der Waals surface area contributed by atoms with Crippen molar-refractivity contribution >= 4 is 11.8 Å². The Morgan fingerprint density at radius 1 is 0.824 bits per heavy atom. The van der Waals surface area contributed by atoms with Crippen LogP contribution in [0.2, 0.25) is 0 Å². The number of ether oxygens (including phenoxy) is 1. The zero-order valence-electron chi connectivity index (χ0n) is 10.6. The fourth-order valence-electron chi connectivity index (χ4n) is 3.32. The minimum Gasteiger partial charge on any atom is -0.469 e. The van der Waals surface area contributed by atoms with Crippen LogP contribution in [0.15, 0.2) is 0 Å². The van der Waals surface area contributed by atoms with E-state index in [2.05, 4.69) is 0 Å². The molecule has 0 aromatic heterocycles. The first-order valence-corrected chi connectivity index (χ1v) is 6.84. The molecule has 0 spiro atoms. The molecule has 0 aliphatic heterocycles. The molecule has 0 radical (unpaired) electrons. The molecular formula is C14H22O3. The molecule has 0 atom stereocenters. The van der Waals surface area contributed by atoms with Gasteiger partial charge in [-0.2, -0.15) is 0 Å². The average Bonchev–Trinajstić information content (AvgIpc) is 2.91. The third-order valence-electron chi connectivity index (χ3n) is 4.42. The minimum atomic E-state index is -0.100. The van der Waals surface area contributed by atoms with Crippen LogP contribution in [-0.2, 0) is 14.3 Å². The van der Waals surface area contributed by atoms with Gasteiger partial charge in [0.25, 0.3) is 0 Å².